The number of hydrogen-bond donors (Lipinski definition) is 2. The lowest BCUT2D eigenvalue weighted by molar-refractivity contribution is -0.127. The van der Waals surface area contributed by atoms with Gasteiger partial charge in [0.25, 0.3) is 5.91 Å². The van der Waals surface area contributed by atoms with Crippen molar-refractivity contribution in [1.82, 2.24) is 29.6 Å². The zero-order valence-electron chi connectivity index (χ0n) is 18.5. The Bertz CT molecular complexity index is 1230. The third-order valence-electron chi connectivity index (χ3n) is 5.91. The minimum atomic E-state index is -0.139. The first-order chi connectivity index (χ1) is 16.1. The van der Waals surface area contributed by atoms with Crippen LogP contribution in [0.3, 0.4) is 0 Å². The van der Waals surface area contributed by atoms with Gasteiger partial charge in [-0.15, -0.1) is 11.8 Å². The molecule has 9 nitrogen and oxygen atoms in total. The number of nitrogens with zero attached hydrogens (tertiary/aromatic N) is 6. The number of likely N-dealkylation sites (tertiary alicyclic amines) is 1. The topological polar surface area (TPSA) is 116 Å². The van der Waals surface area contributed by atoms with Gasteiger partial charge in [-0.25, -0.2) is 4.98 Å². The van der Waals surface area contributed by atoms with Gasteiger partial charge in [-0.2, -0.15) is 15.3 Å². The van der Waals surface area contributed by atoms with E-state index in [0.717, 1.165) is 54.0 Å². The average Bonchev–Trinajstić information content (AvgIpc) is 3.32. The van der Waals surface area contributed by atoms with Gasteiger partial charge in [0.2, 0.25) is 5.95 Å². The predicted molar refractivity (Wildman–Crippen MR) is 127 cm³/mol. The first-order valence-corrected chi connectivity index (χ1v) is 12.2. The standard InChI is InChI=1S/C23H26N8OS/c1-2-31-13-17(12-26-31)27-23-28-20-19(7-8-25-20)21(29-23)33-18-4-3-9-30(14-18)22(32)16(11-24)10-15-5-6-15/h7-8,10,12-13,15,18H,2-6,9,14H2,1H3,(H2,25,27,28,29)/b16-10+/t18-/m1/s1. The van der Waals surface area contributed by atoms with Gasteiger partial charge in [-0.3, -0.25) is 9.48 Å². The van der Waals surface area contributed by atoms with Gasteiger partial charge in [0, 0.05) is 37.3 Å². The van der Waals surface area contributed by atoms with Crippen LogP contribution in [0.2, 0.25) is 0 Å². The molecule has 0 spiro atoms. The van der Waals surface area contributed by atoms with Gasteiger partial charge in [0.05, 0.1) is 17.3 Å². The molecule has 2 N–H and O–H groups in total. The largest absolute Gasteiger partial charge is 0.346 e. The smallest absolute Gasteiger partial charge is 0.264 e. The van der Waals surface area contributed by atoms with Crippen molar-refractivity contribution >= 4 is 40.3 Å². The number of nitriles is 1. The van der Waals surface area contributed by atoms with Gasteiger partial charge < -0.3 is 15.2 Å². The number of amides is 1. The summed E-state index contributed by atoms with van der Waals surface area (Å²) in [6, 6.07) is 4.10. The van der Waals surface area contributed by atoms with E-state index in [2.05, 4.69) is 26.5 Å². The quantitative estimate of drug-likeness (QED) is 0.311. The molecule has 1 aliphatic carbocycles. The van der Waals surface area contributed by atoms with Crippen LogP contribution in [0.4, 0.5) is 11.6 Å². The number of thioether (sulfide) groups is 1. The number of fused-ring (bicyclic) bond motifs is 1. The Hall–Kier alpha value is -3.32. The monoisotopic (exact) mass is 462 g/mol. The van der Waals surface area contributed by atoms with Crippen molar-refractivity contribution < 1.29 is 4.79 Å². The number of anilines is 2. The maximum atomic E-state index is 12.9. The lowest BCUT2D eigenvalue weighted by Crippen LogP contribution is -2.41. The number of hydrogen-bond acceptors (Lipinski definition) is 7. The molecular formula is C23H26N8OS. The molecule has 0 bridgehead atoms. The number of rotatable bonds is 7. The zero-order chi connectivity index (χ0) is 22.8. The Morgan fingerprint density at radius 2 is 2.27 bits per heavy atom. The molecule has 1 atom stereocenters. The molecule has 4 heterocycles. The van der Waals surface area contributed by atoms with E-state index in [-0.39, 0.29) is 16.7 Å². The van der Waals surface area contributed by atoms with Crippen molar-refractivity contribution in [3.05, 3.63) is 36.3 Å². The van der Waals surface area contributed by atoms with E-state index in [1.54, 1.807) is 18.0 Å². The van der Waals surface area contributed by atoms with Crippen LogP contribution in [0.1, 0.15) is 32.6 Å². The van der Waals surface area contributed by atoms with Crippen LogP contribution in [-0.4, -0.2) is 53.9 Å². The zero-order valence-corrected chi connectivity index (χ0v) is 19.3. The molecule has 0 aromatic carbocycles. The number of aromatic amines is 1. The van der Waals surface area contributed by atoms with Gasteiger partial charge >= 0.3 is 0 Å². The molecule has 5 rings (SSSR count). The fourth-order valence-electron chi connectivity index (χ4n) is 3.99. The summed E-state index contributed by atoms with van der Waals surface area (Å²) in [4.78, 5) is 27.3. The molecule has 1 amide bonds. The first kappa shape index (κ1) is 21.5. The molecular weight excluding hydrogens is 436 g/mol. The lowest BCUT2D eigenvalue weighted by Gasteiger charge is -2.32. The SMILES string of the molecule is CCn1cc(Nc2nc(S[C@@H]3CCCN(C(=O)/C(C#N)=C/C4CC4)C3)c3cc[nH]c3n2)cn1. The van der Waals surface area contributed by atoms with Gasteiger partial charge in [0.15, 0.2) is 0 Å². The Morgan fingerprint density at radius 3 is 3.03 bits per heavy atom. The Labute approximate surface area is 196 Å². The van der Waals surface area contributed by atoms with E-state index < -0.39 is 0 Å². The third kappa shape index (κ3) is 4.88. The molecule has 0 radical (unpaired) electrons. The van der Waals surface area contributed by atoms with E-state index in [9.17, 15) is 10.1 Å². The van der Waals surface area contributed by atoms with Gasteiger partial charge in [-0.05, 0) is 44.6 Å². The number of allylic oxidation sites excluding steroid dienone is 1. The van der Waals surface area contributed by atoms with Crippen molar-refractivity contribution in [2.24, 2.45) is 5.92 Å². The molecule has 0 unspecified atom stereocenters. The number of piperidine rings is 1. The molecule has 3 aromatic heterocycles. The van der Waals surface area contributed by atoms with Crippen LogP contribution in [0.25, 0.3) is 11.0 Å². The summed E-state index contributed by atoms with van der Waals surface area (Å²) in [5, 5.41) is 19.0. The highest BCUT2D eigenvalue weighted by Gasteiger charge is 2.29. The van der Waals surface area contributed by atoms with E-state index in [1.165, 1.54) is 0 Å². The summed E-state index contributed by atoms with van der Waals surface area (Å²) in [5.41, 5.74) is 1.89. The van der Waals surface area contributed by atoms with Crippen LogP contribution in [0.15, 0.2) is 41.3 Å². The van der Waals surface area contributed by atoms with E-state index in [4.69, 9.17) is 4.98 Å². The molecule has 2 fully saturated rings. The summed E-state index contributed by atoms with van der Waals surface area (Å²) in [6.07, 6.45) is 11.4. The summed E-state index contributed by atoms with van der Waals surface area (Å²) in [6.45, 7) is 4.12. The molecule has 2 aliphatic rings. The average molecular weight is 463 g/mol. The summed E-state index contributed by atoms with van der Waals surface area (Å²) in [5.74, 6) is 0.766. The van der Waals surface area contributed by atoms with Crippen LogP contribution in [0, 0.1) is 17.2 Å². The van der Waals surface area contributed by atoms with Crippen molar-refractivity contribution in [2.45, 2.75) is 49.4 Å². The van der Waals surface area contributed by atoms with Crippen molar-refractivity contribution in [1.29, 1.82) is 5.26 Å². The summed E-state index contributed by atoms with van der Waals surface area (Å²) in [7, 11) is 0. The Morgan fingerprint density at radius 1 is 1.39 bits per heavy atom. The molecule has 1 saturated carbocycles. The van der Waals surface area contributed by atoms with E-state index in [0.29, 0.717) is 25.0 Å². The fourth-order valence-corrected chi connectivity index (χ4v) is 5.28. The number of aromatic nitrogens is 5. The van der Waals surface area contributed by atoms with E-state index >= 15 is 0 Å². The van der Waals surface area contributed by atoms with Crippen LogP contribution in [0.5, 0.6) is 0 Å². The molecule has 33 heavy (non-hydrogen) atoms. The minimum Gasteiger partial charge on any atom is -0.346 e. The Kier molecular flexibility index (Phi) is 6.05. The first-order valence-electron chi connectivity index (χ1n) is 11.4. The molecule has 1 saturated heterocycles. The number of carbonyl (C=O) groups is 1. The minimum absolute atomic E-state index is 0.139. The highest BCUT2D eigenvalue weighted by atomic mass is 32.2. The summed E-state index contributed by atoms with van der Waals surface area (Å²) >= 11 is 1.67. The second-order valence-corrected chi connectivity index (χ2v) is 9.75. The fraction of sp³-hybridized carbons (Fsp3) is 0.435. The van der Waals surface area contributed by atoms with Crippen LogP contribution in [-0.2, 0) is 11.3 Å². The normalized spacial score (nSPS) is 19.0. The van der Waals surface area contributed by atoms with E-state index in [1.807, 2.05) is 41.0 Å². The number of carbonyl (C=O) groups excluding carboxylic acids is 1. The molecule has 3 aromatic rings. The Balaban J connectivity index is 1.33. The molecule has 10 heteroatoms. The number of nitrogens with one attached hydrogen (secondary N) is 2. The maximum Gasteiger partial charge on any atom is 0.264 e. The number of H-pyrrole nitrogens is 1. The number of aryl methyl sites for hydroxylation is 1. The van der Waals surface area contributed by atoms with Crippen molar-refractivity contribution in [3.63, 3.8) is 0 Å². The third-order valence-corrected chi connectivity index (χ3v) is 7.17. The summed E-state index contributed by atoms with van der Waals surface area (Å²) < 4.78 is 1.84. The molecule has 1 aliphatic heterocycles. The van der Waals surface area contributed by atoms with Crippen LogP contribution < -0.4 is 5.32 Å². The van der Waals surface area contributed by atoms with Crippen molar-refractivity contribution in [2.75, 3.05) is 18.4 Å². The predicted octanol–water partition coefficient (Wildman–Crippen LogP) is 3.86. The molecule has 170 valence electrons. The van der Waals surface area contributed by atoms with Gasteiger partial charge in [0.1, 0.15) is 22.3 Å². The second kappa shape index (κ2) is 9.27. The van der Waals surface area contributed by atoms with Crippen LogP contribution >= 0.6 is 11.8 Å². The van der Waals surface area contributed by atoms with Gasteiger partial charge in [-0.1, -0.05) is 6.08 Å². The highest BCUT2D eigenvalue weighted by molar-refractivity contribution is 8.00. The second-order valence-electron chi connectivity index (χ2n) is 8.46. The lowest BCUT2D eigenvalue weighted by atomic mass is 10.1. The maximum absolute atomic E-state index is 12.9. The highest BCUT2D eigenvalue weighted by Crippen LogP contribution is 2.35. The van der Waals surface area contributed by atoms with Crippen molar-refractivity contribution in [3.8, 4) is 6.07 Å².